The van der Waals surface area contributed by atoms with E-state index in [-0.39, 0.29) is 0 Å². The predicted octanol–water partition coefficient (Wildman–Crippen LogP) is 4.72. The highest BCUT2D eigenvalue weighted by Gasteiger charge is 2.18. The van der Waals surface area contributed by atoms with Gasteiger partial charge in [0.25, 0.3) is 0 Å². The predicted molar refractivity (Wildman–Crippen MR) is 85.4 cm³/mol. The lowest BCUT2D eigenvalue weighted by molar-refractivity contribution is 0.293. The van der Waals surface area contributed by atoms with E-state index in [0.717, 1.165) is 18.4 Å². The molecule has 0 amide bonds. The second kappa shape index (κ2) is 6.17. The average molecular weight is 268 g/mol. The van der Waals surface area contributed by atoms with E-state index in [9.17, 15) is 0 Å². The van der Waals surface area contributed by atoms with Crippen molar-refractivity contribution in [2.75, 3.05) is 11.9 Å². The van der Waals surface area contributed by atoms with Gasteiger partial charge in [-0.1, -0.05) is 25.8 Å². The Kier molecular flexibility index (Phi) is 4.10. The Morgan fingerprint density at radius 2 is 2.00 bits per heavy atom. The quantitative estimate of drug-likeness (QED) is 0.849. The Balaban J connectivity index is 1.61. The van der Waals surface area contributed by atoms with Crippen LogP contribution in [0.5, 0.6) is 0 Å². The van der Waals surface area contributed by atoms with Crippen LogP contribution in [-0.2, 0) is 0 Å². The summed E-state index contributed by atoms with van der Waals surface area (Å²) >= 11 is 0. The van der Waals surface area contributed by atoms with E-state index in [1.54, 1.807) is 0 Å². The molecular formula is C18H24N2. The van der Waals surface area contributed by atoms with Crippen molar-refractivity contribution >= 4 is 5.69 Å². The lowest BCUT2D eigenvalue weighted by Gasteiger charge is -2.27. The standard InChI is InChI=1S/C18H24N2/c1-15-6-4-7-16(12-15)14-19-17-8-5-9-18(13-17)20-10-2-3-11-20/h2-3,5,8-11,13,15-16,19H,4,6-7,12,14H2,1H3. The maximum Gasteiger partial charge on any atom is 0.0469 e. The minimum absolute atomic E-state index is 0.842. The lowest BCUT2D eigenvalue weighted by Crippen LogP contribution is -2.21. The maximum atomic E-state index is 3.62. The van der Waals surface area contributed by atoms with Crippen LogP contribution in [-0.4, -0.2) is 11.1 Å². The molecule has 20 heavy (non-hydrogen) atoms. The Morgan fingerprint density at radius 3 is 2.80 bits per heavy atom. The van der Waals surface area contributed by atoms with Crippen LogP contribution in [0, 0.1) is 11.8 Å². The van der Waals surface area contributed by atoms with Crippen molar-refractivity contribution in [3.8, 4) is 5.69 Å². The van der Waals surface area contributed by atoms with Crippen molar-refractivity contribution in [3.05, 3.63) is 48.8 Å². The topological polar surface area (TPSA) is 17.0 Å². The van der Waals surface area contributed by atoms with Crippen molar-refractivity contribution in [1.29, 1.82) is 0 Å². The zero-order chi connectivity index (χ0) is 13.8. The van der Waals surface area contributed by atoms with Crippen LogP contribution in [0.1, 0.15) is 32.6 Å². The molecule has 1 aromatic carbocycles. The van der Waals surface area contributed by atoms with Gasteiger partial charge < -0.3 is 9.88 Å². The SMILES string of the molecule is CC1CCCC(CNc2cccc(-n3cccc3)c2)C1. The Hall–Kier alpha value is -1.70. The van der Waals surface area contributed by atoms with E-state index in [0.29, 0.717) is 0 Å². The Labute approximate surface area is 121 Å². The molecule has 1 aliphatic rings. The van der Waals surface area contributed by atoms with Crippen molar-refractivity contribution in [2.24, 2.45) is 11.8 Å². The van der Waals surface area contributed by atoms with Crippen LogP contribution >= 0.6 is 0 Å². The molecule has 0 saturated heterocycles. The van der Waals surface area contributed by atoms with Crippen LogP contribution < -0.4 is 5.32 Å². The fraction of sp³-hybridized carbons (Fsp3) is 0.444. The monoisotopic (exact) mass is 268 g/mol. The molecule has 2 heteroatoms. The van der Waals surface area contributed by atoms with E-state index >= 15 is 0 Å². The molecule has 0 radical (unpaired) electrons. The summed E-state index contributed by atoms with van der Waals surface area (Å²) in [5.74, 6) is 1.75. The molecule has 1 heterocycles. The van der Waals surface area contributed by atoms with Crippen molar-refractivity contribution in [1.82, 2.24) is 4.57 Å². The summed E-state index contributed by atoms with van der Waals surface area (Å²) in [7, 11) is 0. The minimum atomic E-state index is 0.842. The van der Waals surface area contributed by atoms with Gasteiger partial charge in [0.05, 0.1) is 0 Å². The second-order valence-electron chi connectivity index (χ2n) is 6.16. The summed E-state index contributed by atoms with van der Waals surface area (Å²) in [6, 6.07) is 12.8. The van der Waals surface area contributed by atoms with Crippen LogP contribution in [0.4, 0.5) is 5.69 Å². The summed E-state index contributed by atoms with van der Waals surface area (Å²) in [5, 5.41) is 3.62. The maximum absolute atomic E-state index is 3.62. The number of anilines is 1. The molecule has 3 rings (SSSR count). The van der Waals surface area contributed by atoms with Gasteiger partial charge in [0.2, 0.25) is 0 Å². The number of hydrogen-bond donors (Lipinski definition) is 1. The van der Waals surface area contributed by atoms with Gasteiger partial charge in [-0.05, 0) is 55.0 Å². The molecule has 0 bridgehead atoms. The van der Waals surface area contributed by atoms with Gasteiger partial charge in [0.1, 0.15) is 0 Å². The fourth-order valence-electron chi connectivity index (χ4n) is 3.29. The van der Waals surface area contributed by atoms with Crippen LogP contribution in [0.15, 0.2) is 48.8 Å². The second-order valence-corrected chi connectivity index (χ2v) is 6.16. The van der Waals surface area contributed by atoms with Crippen molar-refractivity contribution in [3.63, 3.8) is 0 Å². The molecule has 2 atom stereocenters. The number of benzene rings is 1. The Morgan fingerprint density at radius 1 is 1.15 bits per heavy atom. The molecule has 0 spiro atoms. The molecule has 0 aliphatic heterocycles. The highest BCUT2D eigenvalue weighted by atomic mass is 14.9. The Bertz CT molecular complexity index is 530. The first kappa shape index (κ1) is 13.3. The highest BCUT2D eigenvalue weighted by Crippen LogP contribution is 2.28. The van der Waals surface area contributed by atoms with E-state index in [1.807, 2.05) is 0 Å². The number of hydrogen-bond acceptors (Lipinski definition) is 1. The molecule has 1 fully saturated rings. The molecule has 106 valence electrons. The summed E-state index contributed by atoms with van der Waals surface area (Å²) in [6.07, 6.45) is 9.75. The van der Waals surface area contributed by atoms with Gasteiger partial charge in [0.15, 0.2) is 0 Å². The van der Waals surface area contributed by atoms with E-state index in [1.165, 1.54) is 37.1 Å². The van der Waals surface area contributed by atoms with Gasteiger partial charge in [-0.2, -0.15) is 0 Å². The minimum Gasteiger partial charge on any atom is -0.385 e. The van der Waals surface area contributed by atoms with Gasteiger partial charge >= 0.3 is 0 Å². The van der Waals surface area contributed by atoms with Gasteiger partial charge in [-0.25, -0.2) is 0 Å². The number of aromatic nitrogens is 1. The van der Waals surface area contributed by atoms with Crippen molar-refractivity contribution < 1.29 is 0 Å². The molecule has 1 saturated carbocycles. The van der Waals surface area contributed by atoms with Crippen LogP contribution in [0.25, 0.3) is 5.69 Å². The number of rotatable bonds is 4. The first-order chi connectivity index (χ1) is 9.81. The third-order valence-corrected chi connectivity index (χ3v) is 4.39. The summed E-state index contributed by atoms with van der Waals surface area (Å²) in [4.78, 5) is 0. The van der Waals surface area contributed by atoms with Gasteiger partial charge in [-0.15, -0.1) is 0 Å². The zero-order valence-corrected chi connectivity index (χ0v) is 12.3. The summed E-state index contributed by atoms with van der Waals surface area (Å²) < 4.78 is 2.15. The van der Waals surface area contributed by atoms with Gasteiger partial charge in [-0.3, -0.25) is 0 Å². The van der Waals surface area contributed by atoms with E-state index < -0.39 is 0 Å². The molecule has 2 nitrogen and oxygen atoms in total. The highest BCUT2D eigenvalue weighted by molar-refractivity contribution is 5.51. The molecule has 1 aromatic heterocycles. The zero-order valence-electron chi connectivity index (χ0n) is 12.3. The smallest absolute Gasteiger partial charge is 0.0469 e. The number of nitrogens with zero attached hydrogens (tertiary/aromatic N) is 1. The average Bonchev–Trinajstić information content (AvgIpc) is 3.00. The molecule has 2 unspecified atom stereocenters. The molecule has 1 aliphatic carbocycles. The van der Waals surface area contributed by atoms with E-state index in [2.05, 4.69) is 65.6 Å². The van der Waals surface area contributed by atoms with Crippen molar-refractivity contribution in [2.45, 2.75) is 32.6 Å². The summed E-state index contributed by atoms with van der Waals surface area (Å²) in [6.45, 7) is 3.50. The van der Waals surface area contributed by atoms with Crippen LogP contribution in [0.2, 0.25) is 0 Å². The third kappa shape index (κ3) is 3.24. The largest absolute Gasteiger partial charge is 0.385 e. The third-order valence-electron chi connectivity index (χ3n) is 4.39. The first-order valence-corrected chi connectivity index (χ1v) is 7.78. The fourth-order valence-corrected chi connectivity index (χ4v) is 3.29. The molecular weight excluding hydrogens is 244 g/mol. The first-order valence-electron chi connectivity index (χ1n) is 7.78. The number of nitrogens with one attached hydrogen (secondary N) is 1. The van der Waals surface area contributed by atoms with Crippen LogP contribution in [0.3, 0.4) is 0 Å². The summed E-state index contributed by atoms with van der Waals surface area (Å²) in [5.41, 5.74) is 2.45. The lowest BCUT2D eigenvalue weighted by atomic mass is 9.82. The molecule has 1 N–H and O–H groups in total. The normalized spacial score (nSPS) is 22.6. The van der Waals surface area contributed by atoms with E-state index in [4.69, 9.17) is 0 Å². The van der Waals surface area contributed by atoms with Gasteiger partial charge in [0, 0.05) is 30.3 Å². The molecule has 2 aromatic rings.